The zero-order valence-electron chi connectivity index (χ0n) is 19.5. The van der Waals surface area contributed by atoms with Crippen LogP contribution in [0.15, 0.2) is 24.3 Å². The molecule has 0 bridgehead atoms. The predicted octanol–water partition coefficient (Wildman–Crippen LogP) is 0.771. The molecule has 0 spiro atoms. The van der Waals surface area contributed by atoms with Gasteiger partial charge in [0.2, 0.25) is 17.7 Å². The lowest BCUT2D eigenvalue weighted by Crippen LogP contribution is -2.50. The number of carbonyl (C=O) groups is 3. The molecule has 0 aliphatic carbocycles. The molecule has 1 aromatic rings. The Kier molecular flexibility index (Phi) is 6.38. The summed E-state index contributed by atoms with van der Waals surface area (Å²) in [5.74, 6) is 0.523. The van der Waals surface area contributed by atoms with Crippen LogP contribution in [0.3, 0.4) is 0 Å². The van der Waals surface area contributed by atoms with Crippen molar-refractivity contribution in [2.24, 2.45) is 17.8 Å². The standard InChI is InChI=1S/C25H35N5O3/c1-2-28-16-20(13-22(28)31)24(32)29-10-8-18(9-11-29)23-21(14-26-27-23)25(33)30-12-7-17-5-3-4-6-19(17)15-30/h3-6,18,20-21,23,26-27H,2,7-16H2,1H3. The van der Waals surface area contributed by atoms with Crippen molar-refractivity contribution in [2.45, 2.75) is 45.2 Å². The van der Waals surface area contributed by atoms with E-state index in [1.807, 2.05) is 22.8 Å². The van der Waals surface area contributed by atoms with Crippen molar-refractivity contribution in [3.8, 4) is 0 Å². The average Bonchev–Trinajstić information content (AvgIpc) is 3.49. The van der Waals surface area contributed by atoms with Crippen LogP contribution < -0.4 is 10.9 Å². The zero-order chi connectivity index (χ0) is 22.9. The van der Waals surface area contributed by atoms with E-state index >= 15 is 0 Å². The lowest BCUT2D eigenvalue weighted by molar-refractivity contribution is -0.139. The molecule has 3 amide bonds. The van der Waals surface area contributed by atoms with Gasteiger partial charge in [0.1, 0.15) is 0 Å². The number of fused-ring (bicyclic) bond motifs is 1. The number of piperidine rings is 1. The van der Waals surface area contributed by atoms with Crippen LogP contribution in [0.25, 0.3) is 0 Å². The van der Waals surface area contributed by atoms with Crippen LogP contribution >= 0.6 is 0 Å². The fraction of sp³-hybridized carbons (Fsp3) is 0.640. The largest absolute Gasteiger partial charge is 0.342 e. The maximum Gasteiger partial charge on any atom is 0.228 e. The number of nitrogens with zero attached hydrogens (tertiary/aromatic N) is 3. The average molecular weight is 454 g/mol. The quantitative estimate of drug-likeness (QED) is 0.704. The number of rotatable bonds is 4. The molecule has 4 aliphatic rings. The first-order valence-electron chi connectivity index (χ1n) is 12.5. The first-order chi connectivity index (χ1) is 16.0. The summed E-state index contributed by atoms with van der Waals surface area (Å²) >= 11 is 0. The topological polar surface area (TPSA) is 85.0 Å². The van der Waals surface area contributed by atoms with Gasteiger partial charge in [0.15, 0.2) is 0 Å². The molecule has 178 valence electrons. The smallest absolute Gasteiger partial charge is 0.228 e. The number of hydrazine groups is 1. The number of hydrogen-bond donors (Lipinski definition) is 2. The highest BCUT2D eigenvalue weighted by atomic mass is 16.2. The Labute approximate surface area is 195 Å². The van der Waals surface area contributed by atoms with Gasteiger partial charge in [-0.25, -0.2) is 0 Å². The minimum absolute atomic E-state index is 0.0759. The molecule has 2 N–H and O–H groups in total. The van der Waals surface area contributed by atoms with Crippen LogP contribution in [-0.2, 0) is 27.3 Å². The molecule has 3 saturated heterocycles. The summed E-state index contributed by atoms with van der Waals surface area (Å²) in [6.07, 6.45) is 3.03. The first-order valence-corrected chi connectivity index (χ1v) is 12.5. The Morgan fingerprint density at radius 3 is 2.52 bits per heavy atom. The van der Waals surface area contributed by atoms with E-state index in [0.717, 1.165) is 25.8 Å². The lowest BCUT2D eigenvalue weighted by Gasteiger charge is -2.38. The molecule has 4 aliphatic heterocycles. The van der Waals surface area contributed by atoms with Gasteiger partial charge < -0.3 is 14.7 Å². The van der Waals surface area contributed by atoms with E-state index in [4.69, 9.17) is 0 Å². The third kappa shape index (κ3) is 4.38. The van der Waals surface area contributed by atoms with Gasteiger partial charge in [-0.05, 0) is 43.2 Å². The number of nitrogens with one attached hydrogen (secondary N) is 2. The third-order valence-electron chi connectivity index (χ3n) is 8.09. The normalized spacial score (nSPS) is 28.3. The first kappa shape index (κ1) is 22.3. The van der Waals surface area contributed by atoms with Crippen LogP contribution in [0.4, 0.5) is 0 Å². The summed E-state index contributed by atoms with van der Waals surface area (Å²) < 4.78 is 0. The van der Waals surface area contributed by atoms with Crippen molar-refractivity contribution in [1.82, 2.24) is 25.6 Å². The van der Waals surface area contributed by atoms with Crippen molar-refractivity contribution in [2.75, 3.05) is 39.3 Å². The van der Waals surface area contributed by atoms with E-state index in [9.17, 15) is 14.4 Å². The summed E-state index contributed by atoms with van der Waals surface area (Å²) in [4.78, 5) is 44.2. The number of likely N-dealkylation sites (tertiary alicyclic amines) is 2. The van der Waals surface area contributed by atoms with E-state index in [1.54, 1.807) is 4.90 Å². The lowest BCUT2D eigenvalue weighted by atomic mass is 9.82. The molecule has 3 fully saturated rings. The number of amides is 3. The second-order valence-electron chi connectivity index (χ2n) is 9.93. The van der Waals surface area contributed by atoms with Crippen LogP contribution in [0, 0.1) is 17.8 Å². The number of benzene rings is 1. The Morgan fingerprint density at radius 2 is 1.79 bits per heavy atom. The summed E-state index contributed by atoms with van der Waals surface area (Å²) in [6, 6.07) is 8.50. The SMILES string of the molecule is CCN1CC(C(=O)N2CCC(C3NNCC3C(=O)N3CCc4ccccc4C3)CC2)CC1=O. The summed E-state index contributed by atoms with van der Waals surface area (Å²) in [6.45, 7) is 6.71. The van der Waals surface area contributed by atoms with E-state index < -0.39 is 0 Å². The van der Waals surface area contributed by atoms with Crippen molar-refractivity contribution >= 4 is 17.7 Å². The molecule has 0 saturated carbocycles. The van der Waals surface area contributed by atoms with E-state index in [2.05, 4.69) is 29.1 Å². The molecule has 4 heterocycles. The summed E-state index contributed by atoms with van der Waals surface area (Å²) in [5.41, 5.74) is 9.22. The minimum Gasteiger partial charge on any atom is -0.342 e. The highest BCUT2D eigenvalue weighted by molar-refractivity contribution is 5.89. The fourth-order valence-corrected chi connectivity index (χ4v) is 6.10. The Bertz CT molecular complexity index is 913. The van der Waals surface area contributed by atoms with Gasteiger partial charge in [0.25, 0.3) is 0 Å². The highest BCUT2D eigenvalue weighted by Crippen LogP contribution is 2.30. The molecule has 1 aromatic carbocycles. The third-order valence-corrected chi connectivity index (χ3v) is 8.09. The van der Waals surface area contributed by atoms with Crippen LogP contribution in [-0.4, -0.2) is 77.7 Å². The van der Waals surface area contributed by atoms with Crippen molar-refractivity contribution in [3.05, 3.63) is 35.4 Å². The molecular weight excluding hydrogens is 418 g/mol. The van der Waals surface area contributed by atoms with E-state index in [0.29, 0.717) is 51.6 Å². The van der Waals surface area contributed by atoms with Gasteiger partial charge in [0, 0.05) is 58.3 Å². The van der Waals surface area contributed by atoms with Crippen molar-refractivity contribution in [3.63, 3.8) is 0 Å². The number of carbonyl (C=O) groups excluding carboxylic acids is 3. The zero-order valence-corrected chi connectivity index (χ0v) is 19.5. The van der Waals surface area contributed by atoms with Crippen LogP contribution in [0.2, 0.25) is 0 Å². The van der Waals surface area contributed by atoms with Crippen LogP contribution in [0.1, 0.15) is 37.3 Å². The molecule has 8 heteroatoms. The van der Waals surface area contributed by atoms with Crippen LogP contribution in [0.5, 0.6) is 0 Å². The Balaban J connectivity index is 1.17. The van der Waals surface area contributed by atoms with Gasteiger partial charge >= 0.3 is 0 Å². The van der Waals surface area contributed by atoms with E-state index in [1.165, 1.54) is 11.1 Å². The van der Waals surface area contributed by atoms with Gasteiger partial charge in [-0.15, -0.1) is 0 Å². The highest BCUT2D eigenvalue weighted by Gasteiger charge is 2.43. The molecule has 33 heavy (non-hydrogen) atoms. The molecule has 0 aromatic heterocycles. The second kappa shape index (κ2) is 9.43. The van der Waals surface area contributed by atoms with Crippen molar-refractivity contribution < 1.29 is 14.4 Å². The van der Waals surface area contributed by atoms with Gasteiger partial charge in [-0.3, -0.25) is 25.2 Å². The molecule has 8 nitrogen and oxygen atoms in total. The molecule has 3 unspecified atom stereocenters. The maximum absolute atomic E-state index is 13.4. The van der Waals surface area contributed by atoms with Gasteiger partial charge in [-0.1, -0.05) is 24.3 Å². The summed E-state index contributed by atoms with van der Waals surface area (Å²) in [7, 11) is 0. The number of hydrogen-bond acceptors (Lipinski definition) is 5. The Morgan fingerprint density at radius 1 is 1.03 bits per heavy atom. The van der Waals surface area contributed by atoms with Gasteiger partial charge in [0.05, 0.1) is 11.8 Å². The summed E-state index contributed by atoms with van der Waals surface area (Å²) in [5, 5.41) is 0. The monoisotopic (exact) mass is 453 g/mol. The predicted molar refractivity (Wildman–Crippen MR) is 124 cm³/mol. The fourth-order valence-electron chi connectivity index (χ4n) is 6.10. The second-order valence-corrected chi connectivity index (χ2v) is 9.93. The molecule has 0 radical (unpaired) electrons. The molecule has 5 rings (SSSR count). The minimum atomic E-state index is -0.198. The Hall–Kier alpha value is -2.45. The molecular formula is C25H35N5O3. The van der Waals surface area contributed by atoms with Crippen molar-refractivity contribution in [1.29, 1.82) is 0 Å². The maximum atomic E-state index is 13.4. The molecule has 3 atom stereocenters. The van der Waals surface area contributed by atoms with Gasteiger partial charge in [-0.2, -0.15) is 0 Å². The van der Waals surface area contributed by atoms with E-state index in [-0.39, 0.29) is 35.6 Å².